The minimum Gasteiger partial charge on any atom is -0.493 e. The van der Waals surface area contributed by atoms with Crippen LogP contribution in [0, 0.1) is 0 Å². The lowest BCUT2D eigenvalue weighted by Crippen LogP contribution is -2.37. The molecule has 3 N–H and O–H groups in total. The van der Waals surface area contributed by atoms with E-state index in [0.29, 0.717) is 5.75 Å². The first-order valence-corrected chi connectivity index (χ1v) is 11.1. The maximum atomic E-state index is 13.4. The molecule has 12 heteroatoms. The van der Waals surface area contributed by atoms with Crippen molar-refractivity contribution in [2.75, 3.05) is 25.5 Å². The van der Waals surface area contributed by atoms with Crippen LogP contribution in [0.25, 0.3) is 0 Å². The largest absolute Gasteiger partial charge is 0.493 e. The summed E-state index contributed by atoms with van der Waals surface area (Å²) in [7, 11) is -1.48. The lowest BCUT2D eigenvalue weighted by molar-refractivity contribution is -0.139. The summed E-state index contributed by atoms with van der Waals surface area (Å²) in [6.07, 6.45) is -4.70. The fourth-order valence-corrected chi connectivity index (χ4v) is 4.58. The molecule has 0 amide bonds. The van der Waals surface area contributed by atoms with Crippen LogP contribution in [0.2, 0.25) is 0 Å². The van der Waals surface area contributed by atoms with Crippen molar-refractivity contribution < 1.29 is 35.8 Å². The minimum atomic E-state index is -4.70. The topological polar surface area (TPSA) is 99.9 Å². The van der Waals surface area contributed by atoms with Crippen molar-refractivity contribution in [1.29, 1.82) is 0 Å². The van der Waals surface area contributed by atoms with Gasteiger partial charge in [-0.1, -0.05) is 0 Å². The van der Waals surface area contributed by atoms with Crippen molar-refractivity contribution in [3.8, 4) is 17.2 Å². The standard InChI is InChI=1S/C19H22BrF3N2O5S/c1-18(2,10-24)30-14-7-11(5-6-12(14)19(21,22)23)25-31(26,27)17-9-16(29-4)15(28-3)8-13(17)20/h5-9,25H,10,24H2,1-4H3. The van der Waals surface area contributed by atoms with Crippen LogP contribution < -0.4 is 24.7 Å². The Morgan fingerprint density at radius 1 is 1.03 bits per heavy atom. The van der Waals surface area contributed by atoms with Crippen LogP contribution in [-0.2, 0) is 16.2 Å². The van der Waals surface area contributed by atoms with Gasteiger partial charge < -0.3 is 19.9 Å². The quantitative estimate of drug-likeness (QED) is 0.528. The number of nitrogens with one attached hydrogen (secondary N) is 1. The summed E-state index contributed by atoms with van der Waals surface area (Å²) in [5, 5.41) is 0. The van der Waals surface area contributed by atoms with E-state index in [1.807, 2.05) is 0 Å². The highest BCUT2D eigenvalue weighted by atomic mass is 79.9. The van der Waals surface area contributed by atoms with Gasteiger partial charge in [-0.05, 0) is 48.0 Å². The van der Waals surface area contributed by atoms with E-state index in [4.69, 9.17) is 19.9 Å². The van der Waals surface area contributed by atoms with Gasteiger partial charge >= 0.3 is 6.18 Å². The Kier molecular flexibility index (Phi) is 7.39. The second kappa shape index (κ2) is 9.13. The molecule has 0 heterocycles. The molecule has 0 radical (unpaired) electrons. The third-order valence-electron chi connectivity index (χ3n) is 4.14. The second-order valence-corrected chi connectivity index (χ2v) is 9.52. The van der Waals surface area contributed by atoms with Crippen molar-refractivity contribution in [2.45, 2.75) is 30.5 Å². The third kappa shape index (κ3) is 5.95. The highest BCUT2D eigenvalue weighted by Gasteiger charge is 2.36. The molecule has 0 aliphatic carbocycles. The molecule has 0 fully saturated rings. The SMILES string of the molecule is COc1cc(Br)c(S(=O)(=O)Nc2ccc(C(F)(F)F)c(OC(C)(C)CN)c2)cc1OC. The van der Waals surface area contributed by atoms with Gasteiger partial charge in [0.15, 0.2) is 11.5 Å². The molecular formula is C19H22BrF3N2O5S. The number of ether oxygens (including phenoxy) is 3. The number of alkyl halides is 3. The number of nitrogens with two attached hydrogens (primary N) is 1. The van der Waals surface area contributed by atoms with Gasteiger partial charge in [-0.2, -0.15) is 13.2 Å². The lowest BCUT2D eigenvalue weighted by atomic mass is 10.1. The third-order valence-corrected chi connectivity index (χ3v) is 6.48. The van der Waals surface area contributed by atoms with Crippen LogP contribution in [0.5, 0.6) is 17.2 Å². The minimum absolute atomic E-state index is 0.0567. The van der Waals surface area contributed by atoms with Crippen molar-refractivity contribution in [2.24, 2.45) is 5.73 Å². The molecule has 0 saturated heterocycles. The molecule has 0 atom stereocenters. The van der Waals surface area contributed by atoms with Gasteiger partial charge in [0.25, 0.3) is 10.0 Å². The monoisotopic (exact) mass is 526 g/mol. The summed E-state index contributed by atoms with van der Waals surface area (Å²) < 4.78 is 84.1. The Morgan fingerprint density at radius 2 is 1.61 bits per heavy atom. The predicted octanol–water partition coefficient (Wildman–Crippen LogP) is 4.40. The Morgan fingerprint density at radius 3 is 2.13 bits per heavy atom. The van der Waals surface area contributed by atoms with E-state index >= 15 is 0 Å². The van der Waals surface area contributed by atoms with Crippen LogP contribution in [0.15, 0.2) is 39.7 Å². The van der Waals surface area contributed by atoms with Crippen molar-refractivity contribution in [1.82, 2.24) is 0 Å². The number of rotatable bonds is 8. The van der Waals surface area contributed by atoms with Crippen LogP contribution >= 0.6 is 15.9 Å². The van der Waals surface area contributed by atoms with Gasteiger partial charge in [-0.3, -0.25) is 4.72 Å². The van der Waals surface area contributed by atoms with Gasteiger partial charge in [-0.25, -0.2) is 8.42 Å². The van der Waals surface area contributed by atoms with Gasteiger partial charge in [-0.15, -0.1) is 0 Å². The van der Waals surface area contributed by atoms with E-state index < -0.39 is 33.1 Å². The van der Waals surface area contributed by atoms with Crippen LogP contribution in [0.1, 0.15) is 19.4 Å². The predicted molar refractivity (Wildman–Crippen MR) is 113 cm³/mol. The first kappa shape index (κ1) is 25.1. The summed E-state index contributed by atoms with van der Waals surface area (Å²) >= 11 is 3.16. The summed E-state index contributed by atoms with van der Waals surface area (Å²) in [6.45, 7) is 2.98. The van der Waals surface area contributed by atoms with Crippen molar-refractivity contribution >= 4 is 31.6 Å². The van der Waals surface area contributed by atoms with E-state index in [1.165, 1.54) is 40.2 Å². The molecule has 2 aromatic carbocycles. The Labute approximate surface area is 186 Å². The molecule has 0 saturated carbocycles. The Balaban J connectivity index is 2.50. The van der Waals surface area contributed by atoms with Crippen LogP contribution in [-0.4, -0.2) is 34.8 Å². The number of anilines is 1. The first-order valence-electron chi connectivity index (χ1n) is 8.79. The zero-order chi connectivity index (χ0) is 23.6. The summed E-state index contributed by atoms with van der Waals surface area (Å²) in [5.41, 5.74) is 3.27. The molecule has 2 rings (SSSR count). The van der Waals surface area contributed by atoms with E-state index in [-0.39, 0.29) is 27.3 Å². The van der Waals surface area contributed by atoms with E-state index in [2.05, 4.69) is 20.7 Å². The number of hydrogen-bond donors (Lipinski definition) is 2. The van der Waals surface area contributed by atoms with E-state index in [9.17, 15) is 21.6 Å². The maximum absolute atomic E-state index is 13.4. The van der Waals surface area contributed by atoms with Crippen LogP contribution in [0.3, 0.4) is 0 Å². The lowest BCUT2D eigenvalue weighted by Gasteiger charge is -2.27. The molecule has 7 nitrogen and oxygen atoms in total. The summed E-state index contributed by atoms with van der Waals surface area (Å²) in [4.78, 5) is -0.199. The fraction of sp³-hybridized carbons (Fsp3) is 0.368. The molecule has 0 spiro atoms. The van der Waals surface area contributed by atoms with Gasteiger partial charge in [0.2, 0.25) is 0 Å². The molecule has 0 bridgehead atoms. The number of methoxy groups -OCH3 is 2. The van der Waals surface area contributed by atoms with E-state index in [1.54, 1.807) is 0 Å². The zero-order valence-electron chi connectivity index (χ0n) is 17.1. The molecule has 31 heavy (non-hydrogen) atoms. The number of hydrogen-bond acceptors (Lipinski definition) is 6. The van der Waals surface area contributed by atoms with Gasteiger partial charge in [0.05, 0.1) is 25.5 Å². The van der Waals surface area contributed by atoms with Gasteiger partial charge in [0, 0.05) is 23.2 Å². The highest BCUT2D eigenvalue weighted by molar-refractivity contribution is 9.10. The average Bonchev–Trinajstić information content (AvgIpc) is 2.66. The molecule has 0 aliphatic heterocycles. The average molecular weight is 527 g/mol. The summed E-state index contributed by atoms with van der Waals surface area (Å²) in [5.74, 6) is -0.0932. The number of halogens is 4. The Hall–Kier alpha value is -2.18. The van der Waals surface area contributed by atoms with Crippen molar-refractivity contribution in [3.63, 3.8) is 0 Å². The maximum Gasteiger partial charge on any atom is 0.419 e. The smallest absolute Gasteiger partial charge is 0.419 e. The van der Waals surface area contributed by atoms with Crippen LogP contribution in [0.4, 0.5) is 18.9 Å². The molecule has 0 aromatic heterocycles. The van der Waals surface area contributed by atoms with Crippen molar-refractivity contribution in [3.05, 3.63) is 40.4 Å². The molecule has 0 aliphatic rings. The fourth-order valence-electron chi connectivity index (χ4n) is 2.50. The zero-order valence-corrected chi connectivity index (χ0v) is 19.5. The number of benzene rings is 2. The first-order chi connectivity index (χ1) is 14.2. The highest BCUT2D eigenvalue weighted by Crippen LogP contribution is 2.40. The second-order valence-electron chi connectivity index (χ2n) is 7.02. The summed E-state index contributed by atoms with van der Waals surface area (Å²) in [6, 6.07) is 5.33. The normalized spacial score (nSPS) is 12.4. The molecule has 0 unspecified atom stereocenters. The molecule has 2 aromatic rings. The van der Waals surface area contributed by atoms with Gasteiger partial charge in [0.1, 0.15) is 16.2 Å². The Bertz CT molecular complexity index is 1060. The number of sulfonamides is 1. The molecule has 172 valence electrons. The molecular weight excluding hydrogens is 505 g/mol. The van der Waals surface area contributed by atoms with E-state index in [0.717, 1.165) is 18.2 Å².